The Morgan fingerprint density at radius 3 is 2.63 bits per heavy atom. The summed E-state index contributed by atoms with van der Waals surface area (Å²) in [7, 11) is 0. The highest BCUT2D eigenvalue weighted by molar-refractivity contribution is 8.00. The maximum atomic E-state index is 12.8. The maximum absolute atomic E-state index is 12.8. The number of anilines is 1. The average Bonchev–Trinajstić information content (AvgIpc) is 2.89. The fraction of sp³-hybridized carbons (Fsp3) is 0.286. The standard InChI is InChI=1S/C28H27N3O3S/c1-3-34-28(33)20-9-12-24(13-10-20)30-26(32)18(2)35-27-23(17-29)16-22-15-21(11-14-25(22)31-27)19-7-5-4-6-8-19/h4-10,12-13,16,18,21H,3,11,14-15H2,1-2H3,(H,30,32). The van der Waals surface area contributed by atoms with Gasteiger partial charge in [0.05, 0.1) is 23.0 Å². The molecule has 2 unspecified atom stereocenters. The molecule has 0 saturated carbocycles. The molecule has 0 radical (unpaired) electrons. The number of aryl methyl sites for hydroxylation is 1. The van der Waals surface area contributed by atoms with Gasteiger partial charge >= 0.3 is 5.97 Å². The number of nitrogens with one attached hydrogen (secondary N) is 1. The number of carbonyl (C=O) groups is 2. The Labute approximate surface area is 209 Å². The van der Waals surface area contributed by atoms with Crippen LogP contribution in [0.25, 0.3) is 0 Å². The summed E-state index contributed by atoms with van der Waals surface area (Å²) < 4.78 is 4.98. The van der Waals surface area contributed by atoms with Crippen LogP contribution in [-0.4, -0.2) is 28.7 Å². The van der Waals surface area contributed by atoms with Gasteiger partial charge in [0.1, 0.15) is 11.1 Å². The zero-order valence-corrected chi connectivity index (χ0v) is 20.6. The van der Waals surface area contributed by atoms with E-state index in [9.17, 15) is 14.9 Å². The van der Waals surface area contributed by atoms with E-state index in [1.165, 1.54) is 17.3 Å². The molecular formula is C28H27N3O3S. The highest BCUT2D eigenvalue weighted by Crippen LogP contribution is 2.35. The Hall–Kier alpha value is -3.63. The van der Waals surface area contributed by atoms with E-state index in [1.807, 2.05) is 12.1 Å². The molecule has 0 fully saturated rings. The summed E-state index contributed by atoms with van der Waals surface area (Å²) in [4.78, 5) is 29.4. The van der Waals surface area contributed by atoms with Crippen molar-refractivity contribution < 1.29 is 14.3 Å². The van der Waals surface area contributed by atoms with Crippen LogP contribution >= 0.6 is 11.8 Å². The minimum atomic E-state index is -0.460. The van der Waals surface area contributed by atoms with Crippen LogP contribution in [0.4, 0.5) is 5.69 Å². The maximum Gasteiger partial charge on any atom is 0.338 e. The predicted molar refractivity (Wildman–Crippen MR) is 137 cm³/mol. The van der Waals surface area contributed by atoms with Gasteiger partial charge in [0.25, 0.3) is 0 Å². The molecule has 0 saturated heterocycles. The molecule has 35 heavy (non-hydrogen) atoms. The molecule has 1 heterocycles. The lowest BCUT2D eigenvalue weighted by Gasteiger charge is -2.25. The highest BCUT2D eigenvalue weighted by Gasteiger charge is 2.25. The summed E-state index contributed by atoms with van der Waals surface area (Å²) in [5.74, 6) is -0.172. The number of esters is 1. The lowest BCUT2D eigenvalue weighted by Crippen LogP contribution is -2.23. The van der Waals surface area contributed by atoms with Crippen LogP contribution in [0.2, 0.25) is 0 Å². The Morgan fingerprint density at radius 2 is 1.94 bits per heavy atom. The largest absolute Gasteiger partial charge is 0.462 e. The number of nitriles is 1. The molecule has 3 aromatic rings. The van der Waals surface area contributed by atoms with E-state index in [4.69, 9.17) is 9.72 Å². The molecule has 4 rings (SSSR count). The summed E-state index contributed by atoms with van der Waals surface area (Å²) in [6.45, 7) is 3.85. The van der Waals surface area contributed by atoms with Gasteiger partial charge in [0.2, 0.25) is 5.91 Å². The summed E-state index contributed by atoms with van der Waals surface area (Å²) in [6.07, 6.45) is 2.73. The lowest BCUT2D eigenvalue weighted by molar-refractivity contribution is -0.115. The topological polar surface area (TPSA) is 92.1 Å². The molecule has 1 N–H and O–H groups in total. The normalized spacial score (nSPS) is 15.4. The molecular weight excluding hydrogens is 458 g/mol. The van der Waals surface area contributed by atoms with E-state index in [2.05, 4.69) is 35.7 Å². The Kier molecular flexibility index (Phi) is 7.84. The van der Waals surface area contributed by atoms with Crippen LogP contribution in [0.15, 0.2) is 65.7 Å². The monoisotopic (exact) mass is 485 g/mol. The van der Waals surface area contributed by atoms with Crippen LogP contribution in [-0.2, 0) is 22.4 Å². The quantitative estimate of drug-likeness (QED) is 0.350. The van der Waals surface area contributed by atoms with Gasteiger partial charge < -0.3 is 10.1 Å². The molecule has 2 aromatic carbocycles. The summed E-state index contributed by atoms with van der Waals surface area (Å²) >= 11 is 1.29. The minimum absolute atomic E-state index is 0.202. The number of benzene rings is 2. The first-order valence-corrected chi connectivity index (χ1v) is 12.6. The zero-order chi connectivity index (χ0) is 24.8. The first-order valence-electron chi connectivity index (χ1n) is 11.7. The Morgan fingerprint density at radius 1 is 1.20 bits per heavy atom. The molecule has 0 spiro atoms. The van der Waals surface area contributed by atoms with Crippen LogP contribution in [0.5, 0.6) is 0 Å². The average molecular weight is 486 g/mol. The third kappa shape index (κ3) is 5.90. The summed E-state index contributed by atoms with van der Waals surface area (Å²) in [5.41, 5.74) is 4.96. The van der Waals surface area contributed by atoms with E-state index in [-0.39, 0.29) is 5.91 Å². The van der Waals surface area contributed by atoms with Crippen LogP contribution in [0.3, 0.4) is 0 Å². The minimum Gasteiger partial charge on any atom is -0.462 e. The van der Waals surface area contributed by atoms with Crippen molar-refractivity contribution in [3.63, 3.8) is 0 Å². The lowest BCUT2D eigenvalue weighted by atomic mass is 9.82. The second-order valence-corrected chi connectivity index (χ2v) is 9.79. The summed E-state index contributed by atoms with van der Waals surface area (Å²) in [6, 6.07) is 21.2. The van der Waals surface area contributed by atoms with Gasteiger partial charge in [-0.05, 0) is 80.5 Å². The number of nitrogens with zero attached hydrogens (tertiary/aromatic N) is 2. The number of hydrogen-bond acceptors (Lipinski definition) is 6. The summed E-state index contributed by atoms with van der Waals surface area (Å²) in [5, 5.41) is 12.7. The van der Waals surface area contributed by atoms with Crippen LogP contribution < -0.4 is 5.32 Å². The van der Waals surface area contributed by atoms with Crippen molar-refractivity contribution >= 4 is 29.3 Å². The molecule has 1 aliphatic rings. The predicted octanol–water partition coefficient (Wildman–Crippen LogP) is 5.52. The molecule has 6 nitrogen and oxygen atoms in total. The van der Waals surface area contributed by atoms with Crippen molar-refractivity contribution in [3.05, 3.63) is 88.6 Å². The number of ether oxygens (including phenoxy) is 1. The van der Waals surface area contributed by atoms with Gasteiger partial charge in [0, 0.05) is 11.4 Å². The van der Waals surface area contributed by atoms with Gasteiger partial charge in [-0.3, -0.25) is 4.79 Å². The smallest absolute Gasteiger partial charge is 0.338 e. The number of rotatable bonds is 7. The van der Waals surface area contributed by atoms with Gasteiger partial charge in [-0.1, -0.05) is 42.1 Å². The van der Waals surface area contributed by atoms with Gasteiger partial charge in [-0.25, -0.2) is 9.78 Å². The van der Waals surface area contributed by atoms with Crippen molar-refractivity contribution in [2.75, 3.05) is 11.9 Å². The Balaban J connectivity index is 1.43. The van der Waals surface area contributed by atoms with E-state index in [0.29, 0.717) is 34.4 Å². The second-order valence-electron chi connectivity index (χ2n) is 8.46. The van der Waals surface area contributed by atoms with Crippen LogP contribution in [0.1, 0.15) is 58.9 Å². The number of hydrogen-bond donors (Lipinski definition) is 1. The van der Waals surface area contributed by atoms with Gasteiger partial charge in [-0.15, -0.1) is 0 Å². The van der Waals surface area contributed by atoms with E-state index in [0.717, 1.165) is 30.5 Å². The molecule has 178 valence electrons. The SMILES string of the molecule is CCOC(=O)c1ccc(NC(=O)C(C)Sc2nc3c(cc2C#N)CC(c2ccccc2)CC3)cc1. The first-order chi connectivity index (χ1) is 17.0. The fourth-order valence-electron chi connectivity index (χ4n) is 4.19. The number of aromatic nitrogens is 1. The Bertz CT molecular complexity index is 1250. The first kappa shape index (κ1) is 24.5. The third-order valence-electron chi connectivity index (χ3n) is 6.06. The van der Waals surface area contributed by atoms with Gasteiger partial charge in [0.15, 0.2) is 0 Å². The number of carbonyl (C=O) groups excluding carboxylic acids is 2. The molecule has 2 atom stereocenters. The number of fused-ring (bicyclic) bond motifs is 1. The highest BCUT2D eigenvalue weighted by atomic mass is 32.2. The number of thioether (sulfide) groups is 1. The van der Waals surface area contributed by atoms with Crippen molar-refractivity contribution in [1.82, 2.24) is 4.98 Å². The second kappa shape index (κ2) is 11.2. The number of amides is 1. The fourth-order valence-corrected chi connectivity index (χ4v) is 5.09. The van der Waals surface area contributed by atoms with Crippen LogP contribution in [0, 0.1) is 11.3 Å². The van der Waals surface area contributed by atoms with Crippen molar-refractivity contribution in [2.24, 2.45) is 0 Å². The molecule has 0 aliphatic heterocycles. The number of pyridine rings is 1. The van der Waals surface area contributed by atoms with Crippen molar-refractivity contribution in [3.8, 4) is 6.07 Å². The van der Waals surface area contributed by atoms with Crippen molar-refractivity contribution in [2.45, 2.75) is 49.3 Å². The third-order valence-corrected chi connectivity index (χ3v) is 7.17. The molecule has 1 aromatic heterocycles. The van der Waals surface area contributed by atoms with E-state index >= 15 is 0 Å². The van der Waals surface area contributed by atoms with Crippen molar-refractivity contribution in [1.29, 1.82) is 5.26 Å². The molecule has 1 amide bonds. The molecule has 1 aliphatic carbocycles. The van der Waals surface area contributed by atoms with Gasteiger partial charge in [-0.2, -0.15) is 5.26 Å². The van der Waals surface area contributed by atoms with E-state index in [1.54, 1.807) is 38.1 Å². The zero-order valence-electron chi connectivity index (χ0n) is 19.8. The van der Waals surface area contributed by atoms with E-state index < -0.39 is 11.2 Å². The molecule has 7 heteroatoms. The molecule has 0 bridgehead atoms.